The second-order valence-corrected chi connectivity index (χ2v) is 5.48. The number of carbonyl (C=O) groups is 1. The zero-order valence-electron chi connectivity index (χ0n) is 12.1. The van der Waals surface area contributed by atoms with Gasteiger partial charge in [0.1, 0.15) is 5.75 Å². The van der Waals surface area contributed by atoms with Gasteiger partial charge in [-0.1, -0.05) is 31.5 Å². The fourth-order valence-corrected chi connectivity index (χ4v) is 2.11. The summed E-state index contributed by atoms with van der Waals surface area (Å²) in [6.07, 6.45) is 0.970. The van der Waals surface area contributed by atoms with Crippen LogP contribution in [0.5, 0.6) is 5.75 Å². The Hall–Kier alpha value is -1.26. The molecule has 0 bridgehead atoms. The van der Waals surface area contributed by atoms with Gasteiger partial charge in [-0.05, 0) is 30.0 Å². The molecule has 5 heteroatoms. The maximum atomic E-state index is 11.8. The molecular weight excluding hydrogens is 278 g/mol. The van der Waals surface area contributed by atoms with Crippen molar-refractivity contribution in [2.75, 3.05) is 13.7 Å². The molecule has 2 N–H and O–H groups in total. The van der Waals surface area contributed by atoms with E-state index < -0.39 is 0 Å². The van der Waals surface area contributed by atoms with E-state index in [0.717, 1.165) is 5.56 Å². The van der Waals surface area contributed by atoms with Gasteiger partial charge in [0.15, 0.2) is 0 Å². The van der Waals surface area contributed by atoms with Crippen LogP contribution in [0, 0.1) is 5.92 Å². The molecule has 1 amide bonds. The minimum absolute atomic E-state index is 0.0439. The summed E-state index contributed by atoms with van der Waals surface area (Å²) < 4.78 is 5.08. The molecule has 0 aliphatic carbocycles. The first-order chi connectivity index (χ1) is 9.47. The Morgan fingerprint density at radius 2 is 2.15 bits per heavy atom. The van der Waals surface area contributed by atoms with Gasteiger partial charge in [0.05, 0.1) is 24.8 Å². The van der Waals surface area contributed by atoms with Gasteiger partial charge in [0, 0.05) is 6.42 Å². The van der Waals surface area contributed by atoms with E-state index in [1.165, 1.54) is 0 Å². The summed E-state index contributed by atoms with van der Waals surface area (Å²) in [5.74, 6) is 0.768. The SMILES string of the molecule is COc1ccc(CCC(=O)NC(CO)C(C)C)cc1Cl. The van der Waals surface area contributed by atoms with Gasteiger partial charge in [-0.25, -0.2) is 0 Å². The molecule has 1 unspecified atom stereocenters. The third-order valence-corrected chi connectivity index (χ3v) is 3.50. The lowest BCUT2D eigenvalue weighted by molar-refractivity contribution is -0.122. The minimum atomic E-state index is -0.193. The lowest BCUT2D eigenvalue weighted by atomic mass is 10.0. The first kappa shape index (κ1) is 16.8. The summed E-state index contributed by atoms with van der Waals surface area (Å²) in [5.41, 5.74) is 0.982. The summed E-state index contributed by atoms with van der Waals surface area (Å²) in [7, 11) is 1.56. The Kier molecular flexibility index (Phi) is 6.82. The zero-order valence-corrected chi connectivity index (χ0v) is 12.9. The number of rotatable bonds is 7. The van der Waals surface area contributed by atoms with Gasteiger partial charge in [-0.15, -0.1) is 0 Å². The van der Waals surface area contributed by atoms with Gasteiger partial charge in [0.25, 0.3) is 0 Å². The van der Waals surface area contributed by atoms with E-state index in [9.17, 15) is 9.90 Å². The Morgan fingerprint density at radius 3 is 2.65 bits per heavy atom. The Balaban J connectivity index is 2.50. The highest BCUT2D eigenvalue weighted by Gasteiger charge is 2.14. The lowest BCUT2D eigenvalue weighted by Crippen LogP contribution is -2.41. The molecule has 0 saturated heterocycles. The van der Waals surface area contributed by atoms with Gasteiger partial charge >= 0.3 is 0 Å². The number of methoxy groups -OCH3 is 1. The Morgan fingerprint density at radius 1 is 1.45 bits per heavy atom. The Labute approximate surface area is 125 Å². The third-order valence-electron chi connectivity index (χ3n) is 3.20. The predicted molar refractivity (Wildman–Crippen MR) is 80.2 cm³/mol. The summed E-state index contributed by atoms with van der Waals surface area (Å²) >= 11 is 6.03. The molecule has 0 aliphatic heterocycles. The molecule has 112 valence electrons. The molecule has 0 aromatic heterocycles. The second kappa shape index (κ2) is 8.12. The van der Waals surface area contributed by atoms with Crippen LogP contribution in [0.1, 0.15) is 25.8 Å². The topological polar surface area (TPSA) is 58.6 Å². The first-order valence-corrected chi connectivity index (χ1v) is 7.08. The molecule has 0 spiro atoms. The smallest absolute Gasteiger partial charge is 0.220 e. The van der Waals surface area contributed by atoms with Gasteiger partial charge < -0.3 is 15.2 Å². The van der Waals surface area contributed by atoms with E-state index in [1.807, 2.05) is 19.9 Å². The number of halogens is 1. The highest BCUT2D eigenvalue weighted by Crippen LogP contribution is 2.25. The fraction of sp³-hybridized carbons (Fsp3) is 0.533. The average molecular weight is 300 g/mol. The average Bonchev–Trinajstić information content (AvgIpc) is 2.42. The normalized spacial score (nSPS) is 12.3. The number of aryl methyl sites for hydroxylation is 1. The summed E-state index contributed by atoms with van der Waals surface area (Å²) in [5, 5.41) is 12.5. The highest BCUT2D eigenvalue weighted by atomic mass is 35.5. The molecule has 4 nitrogen and oxygen atoms in total. The van der Waals surface area contributed by atoms with E-state index in [-0.39, 0.29) is 24.5 Å². The van der Waals surface area contributed by atoms with Crippen LogP contribution in [0.25, 0.3) is 0 Å². The molecule has 1 aromatic carbocycles. The van der Waals surface area contributed by atoms with Gasteiger partial charge in [-0.3, -0.25) is 4.79 Å². The molecule has 1 atom stereocenters. The summed E-state index contributed by atoms with van der Waals surface area (Å²) in [6, 6.07) is 5.30. The van der Waals surface area contributed by atoms with Crippen molar-refractivity contribution in [2.24, 2.45) is 5.92 Å². The van der Waals surface area contributed by atoms with Crippen molar-refractivity contribution in [3.05, 3.63) is 28.8 Å². The van der Waals surface area contributed by atoms with Crippen molar-refractivity contribution in [3.8, 4) is 5.75 Å². The van der Waals surface area contributed by atoms with E-state index >= 15 is 0 Å². The number of nitrogens with one attached hydrogen (secondary N) is 1. The van der Waals surface area contributed by atoms with Crippen molar-refractivity contribution in [1.82, 2.24) is 5.32 Å². The van der Waals surface area contributed by atoms with E-state index in [4.69, 9.17) is 16.3 Å². The van der Waals surface area contributed by atoms with Crippen molar-refractivity contribution < 1.29 is 14.6 Å². The maximum Gasteiger partial charge on any atom is 0.220 e. The van der Waals surface area contributed by atoms with Crippen molar-refractivity contribution in [2.45, 2.75) is 32.7 Å². The van der Waals surface area contributed by atoms with Gasteiger partial charge in [0.2, 0.25) is 5.91 Å². The number of aliphatic hydroxyl groups is 1. The Bertz CT molecular complexity index is 449. The number of benzene rings is 1. The molecule has 0 aliphatic rings. The molecule has 0 heterocycles. The van der Waals surface area contributed by atoms with E-state index in [0.29, 0.717) is 23.6 Å². The van der Waals surface area contributed by atoms with Crippen LogP contribution >= 0.6 is 11.6 Å². The fourth-order valence-electron chi connectivity index (χ4n) is 1.83. The van der Waals surface area contributed by atoms with Crippen LogP contribution in [0.4, 0.5) is 0 Å². The largest absolute Gasteiger partial charge is 0.495 e. The number of hydrogen-bond donors (Lipinski definition) is 2. The lowest BCUT2D eigenvalue weighted by Gasteiger charge is -2.19. The molecule has 0 fully saturated rings. The molecular formula is C15H22ClNO3. The van der Waals surface area contributed by atoms with Crippen LogP contribution in [0.15, 0.2) is 18.2 Å². The van der Waals surface area contributed by atoms with Crippen LogP contribution < -0.4 is 10.1 Å². The van der Waals surface area contributed by atoms with Gasteiger partial charge in [-0.2, -0.15) is 0 Å². The number of aliphatic hydroxyl groups excluding tert-OH is 1. The van der Waals surface area contributed by atoms with E-state index in [2.05, 4.69) is 5.32 Å². The number of amides is 1. The molecule has 1 rings (SSSR count). The molecule has 1 aromatic rings. The molecule has 0 radical (unpaired) electrons. The predicted octanol–water partition coefficient (Wildman–Crippen LogP) is 2.41. The number of ether oxygens (including phenoxy) is 1. The van der Waals surface area contributed by atoms with Crippen LogP contribution in [0.3, 0.4) is 0 Å². The maximum absolute atomic E-state index is 11.8. The van der Waals surface area contributed by atoms with Crippen LogP contribution in [-0.2, 0) is 11.2 Å². The summed E-state index contributed by atoms with van der Waals surface area (Å²) in [4.78, 5) is 11.8. The van der Waals surface area contributed by atoms with E-state index in [1.54, 1.807) is 19.2 Å². The molecule has 0 saturated carbocycles. The molecule has 20 heavy (non-hydrogen) atoms. The number of carbonyl (C=O) groups excluding carboxylic acids is 1. The monoisotopic (exact) mass is 299 g/mol. The zero-order chi connectivity index (χ0) is 15.1. The van der Waals surface area contributed by atoms with Crippen LogP contribution in [0.2, 0.25) is 5.02 Å². The standard InChI is InChI=1S/C15H22ClNO3/c1-10(2)13(9-18)17-15(19)7-5-11-4-6-14(20-3)12(16)8-11/h4,6,8,10,13,18H,5,7,9H2,1-3H3,(H,17,19). The number of hydrogen-bond acceptors (Lipinski definition) is 3. The van der Waals surface area contributed by atoms with Crippen molar-refractivity contribution in [3.63, 3.8) is 0 Å². The first-order valence-electron chi connectivity index (χ1n) is 6.70. The minimum Gasteiger partial charge on any atom is -0.495 e. The second-order valence-electron chi connectivity index (χ2n) is 5.07. The van der Waals surface area contributed by atoms with Crippen molar-refractivity contribution in [1.29, 1.82) is 0 Å². The van der Waals surface area contributed by atoms with Crippen molar-refractivity contribution >= 4 is 17.5 Å². The summed E-state index contributed by atoms with van der Waals surface area (Å²) in [6.45, 7) is 3.88. The quantitative estimate of drug-likeness (QED) is 0.813. The highest BCUT2D eigenvalue weighted by molar-refractivity contribution is 6.32. The van der Waals surface area contributed by atoms with Crippen LogP contribution in [-0.4, -0.2) is 30.8 Å². The third kappa shape index (κ3) is 5.02.